The molecule has 0 bridgehead atoms. The first-order valence-electron chi connectivity index (χ1n) is 7.58. The van der Waals surface area contributed by atoms with Gasteiger partial charge in [0.25, 0.3) is 5.91 Å². The molecule has 1 saturated heterocycles. The Morgan fingerprint density at radius 3 is 2.60 bits per heavy atom. The Labute approximate surface area is 141 Å². The van der Waals surface area contributed by atoms with E-state index in [0.717, 1.165) is 11.0 Å². The van der Waals surface area contributed by atoms with Crippen LogP contribution >= 0.6 is 0 Å². The maximum atomic E-state index is 13.3. The number of alkyl halides is 3. The monoisotopic (exact) mass is 352 g/mol. The van der Waals surface area contributed by atoms with E-state index in [-0.39, 0.29) is 30.0 Å². The van der Waals surface area contributed by atoms with Crippen LogP contribution in [0.4, 0.5) is 13.2 Å². The first-order chi connectivity index (χ1) is 11.8. The van der Waals surface area contributed by atoms with Gasteiger partial charge in [0, 0.05) is 12.7 Å². The number of aromatic nitrogens is 1. The summed E-state index contributed by atoms with van der Waals surface area (Å²) in [4.78, 5) is 17.6. The van der Waals surface area contributed by atoms with Gasteiger partial charge < -0.3 is 15.1 Å². The highest BCUT2D eigenvalue weighted by Gasteiger charge is 2.42. The number of likely N-dealkylation sites (tertiary alicyclic amines) is 1. The van der Waals surface area contributed by atoms with E-state index in [1.165, 1.54) is 36.5 Å². The standard InChI is InChI=1S/C17H15F3N2O3/c18-17(19,20)12-5-2-1-4-11(12)13-8-10(23)9-22(13)16(25)15-14(24)6-3-7-21-15/h1-7,10,13,23-24H,8-9H2/t10-,13+/m1/s1. The Hall–Kier alpha value is -2.61. The second kappa shape index (κ2) is 6.36. The average Bonchev–Trinajstić information content (AvgIpc) is 2.96. The van der Waals surface area contributed by atoms with Gasteiger partial charge >= 0.3 is 6.18 Å². The van der Waals surface area contributed by atoms with Crippen LogP contribution in [0, 0.1) is 0 Å². The van der Waals surface area contributed by atoms with Crippen LogP contribution in [0.3, 0.4) is 0 Å². The van der Waals surface area contributed by atoms with Crippen molar-refractivity contribution in [2.45, 2.75) is 24.7 Å². The molecule has 0 saturated carbocycles. The molecular formula is C17H15F3N2O3. The quantitative estimate of drug-likeness (QED) is 0.872. The summed E-state index contributed by atoms with van der Waals surface area (Å²) in [6.07, 6.45) is -4.25. The highest BCUT2D eigenvalue weighted by Crippen LogP contribution is 2.41. The number of β-amino-alcohol motifs (C(OH)–C–C–N with tert-alkyl or cyclic N) is 1. The van der Waals surface area contributed by atoms with Crippen molar-refractivity contribution in [1.82, 2.24) is 9.88 Å². The number of aliphatic hydroxyl groups is 1. The van der Waals surface area contributed by atoms with E-state index >= 15 is 0 Å². The normalized spacial score (nSPS) is 20.7. The van der Waals surface area contributed by atoms with Gasteiger partial charge in [-0.2, -0.15) is 13.2 Å². The third-order valence-corrected chi connectivity index (χ3v) is 4.15. The lowest BCUT2D eigenvalue weighted by molar-refractivity contribution is -0.138. The van der Waals surface area contributed by atoms with Gasteiger partial charge in [-0.05, 0) is 30.2 Å². The van der Waals surface area contributed by atoms with Gasteiger partial charge in [0.15, 0.2) is 5.69 Å². The fraction of sp³-hybridized carbons (Fsp3) is 0.294. The predicted octanol–water partition coefficient (Wildman–Crippen LogP) is 2.75. The molecule has 25 heavy (non-hydrogen) atoms. The number of aliphatic hydroxyl groups excluding tert-OH is 1. The summed E-state index contributed by atoms with van der Waals surface area (Å²) in [6, 6.07) is 6.71. The highest BCUT2D eigenvalue weighted by atomic mass is 19.4. The molecule has 0 radical (unpaired) electrons. The number of pyridine rings is 1. The maximum absolute atomic E-state index is 13.3. The van der Waals surface area contributed by atoms with Crippen LogP contribution in [0.2, 0.25) is 0 Å². The number of aromatic hydroxyl groups is 1. The zero-order valence-corrected chi connectivity index (χ0v) is 12.9. The third-order valence-electron chi connectivity index (χ3n) is 4.15. The van der Waals surface area contributed by atoms with Crippen LogP contribution in [0.15, 0.2) is 42.6 Å². The fourth-order valence-electron chi connectivity index (χ4n) is 3.08. The van der Waals surface area contributed by atoms with Gasteiger partial charge in [0.1, 0.15) is 5.75 Å². The van der Waals surface area contributed by atoms with Gasteiger partial charge in [-0.15, -0.1) is 0 Å². The molecule has 1 aromatic carbocycles. The summed E-state index contributed by atoms with van der Waals surface area (Å²) in [5.41, 5.74) is -1.20. The van der Waals surface area contributed by atoms with Crippen LogP contribution < -0.4 is 0 Å². The first kappa shape index (κ1) is 17.2. The van der Waals surface area contributed by atoms with Crippen molar-refractivity contribution in [3.05, 3.63) is 59.4 Å². The summed E-state index contributed by atoms with van der Waals surface area (Å²) >= 11 is 0. The highest BCUT2D eigenvalue weighted by molar-refractivity contribution is 5.95. The van der Waals surface area contributed by atoms with E-state index in [9.17, 15) is 28.2 Å². The molecule has 3 rings (SSSR count). The number of rotatable bonds is 2. The van der Waals surface area contributed by atoms with Gasteiger partial charge in [0.2, 0.25) is 0 Å². The first-order valence-corrected chi connectivity index (χ1v) is 7.58. The molecule has 0 spiro atoms. The van der Waals surface area contributed by atoms with Crippen LogP contribution in [0.5, 0.6) is 5.75 Å². The molecule has 1 amide bonds. The second-order valence-corrected chi connectivity index (χ2v) is 5.82. The van der Waals surface area contributed by atoms with Gasteiger partial charge in [0.05, 0.1) is 17.7 Å². The molecule has 2 heterocycles. The van der Waals surface area contributed by atoms with E-state index in [4.69, 9.17) is 0 Å². The number of halogens is 3. The van der Waals surface area contributed by atoms with Gasteiger partial charge in [-0.25, -0.2) is 4.98 Å². The van der Waals surface area contributed by atoms with Crippen molar-refractivity contribution in [2.75, 3.05) is 6.54 Å². The molecule has 1 aliphatic rings. The van der Waals surface area contributed by atoms with Crippen molar-refractivity contribution in [2.24, 2.45) is 0 Å². The van der Waals surface area contributed by atoms with Gasteiger partial charge in [-0.3, -0.25) is 4.79 Å². The molecule has 132 valence electrons. The maximum Gasteiger partial charge on any atom is 0.416 e. The number of nitrogens with zero attached hydrogens (tertiary/aromatic N) is 2. The van der Waals surface area contributed by atoms with Crippen LogP contribution in [-0.4, -0.2) is 38.7 Å². The van der Waals surface area contributed by atoms with E-state index in [0.29, 0.717) is 0 Å². The number of carbonyl (C=O) groups is 1. The summed E-state index contributed by atoms with van der Waals surface area (Å²) in [6.45, 7) is -0.133. The molecule has 1 aromatic heterocycles. The molecule has 2 N–H and O–H groups in total. The number of hydrogen-bond donors (Lipinski definition) is 2. The molecule has 0 unspecified atom stereocenters. The summed E-state index contributed by atoms with van der Waals surface area (Å²) < 4.78 is 39.9. The summed E-state index contributed by atoms with van der Waals surface area (Å²) in [7, 11) is 0. The lowest BCUT2D eigenvalue weighted by atomic mass is 9.97. The minimum atomic E-state index is -4.58. The lowest BCUT2D eigenvalue weighted by Crippen LogP contribution is -2.33. The summed E-state index contributed by atoms with van der Waals surface area (Å²) in [5, 5.41) is 19.7. The molecule has 1 fully saturated rings. The van der Waals surface area contributed by atoms with Crippen molar-refractivity contribution in [1.29, 1.82) is 0 Å². The van der Waals surface area contributed by atoms with E-state index in [1.807, 2.05) is 0 Å². The number of amides is 1. The predicted molar refractivity (Wildman–Crippen MR) is 81.7 cm³/mol. The van der Waals surface area contributed by atoms with Crippen molar-refractivity contribution >= 4 is 5.91 Å². The molecule has 8 heteroatoms. The second-order valence-electron chi connectivity index (χ2n) is 5.82. The molecule has 2 aromatic rings. The number of benzene rings is 1. The Bertz CT molecular complexity index is 795. The fourth-order valence-corrected chi connectivity index (χ4v) is 3.08. The van der Waals surface area contributed by atoms with E-state index < -0.39 is 29.8 Å². The minimum Gasteiger partial charge on any atom is -0.505 e. The third kappa shape index (κ3) is 3.30. The van der Waals surface area contributed by atoms with Crippen molar-refractivity contribution < 1.29 is 28.2 Å². The average molecular weight is 352 g/mol. The van der Waals surface area contributed by atoms with Crippen LogP contribution in [0.1, 0.15) is 34.1 Å². The Morgan fingerprint density at radius 1 is 1.20 bits per heavy atom. The Kier molecular flexibility index (Phi) is 4.38. The van der Waals surface area contributed by atoms with Crippen molar-refractivity contribution in [3.8, 4) is 5.75 Å². The Balaban J connectivity index is 2.02. The zero-order valence-electron chi connectivity index (χ0n) is 12.9. The van der Waals surface area contributed by atoms with Crippen molar-refractivity contribution in [3.63, 3.8) is 0 Å². The molecule has 0 aliphatic carbocycles. The lowest BCUT2D eigenvalue weighted by Gasteiger charge is -2.27. The largest absolute Gasteiger partial charge is 0.505 e. The van der Waals surface area contributed by atoms with Crippen LogP contribution in [-0.2, 0) is 6.18 Å². The zero-order chi connectivity index (χ0) is 18.2. The van der Waals surface area contributed by atoms with Crippen LogP contribution in [0.25, 0.3) is 0 Å². The molecule has 5 nitrogen and oxygen atoms in total. The van der Waals surface area contributed by atoms with Gasteiger partial charge in [-0.1, -0.05) is 18.2 Å². The summed E-state index contributed by atoms with van der Waals surface area (Å²) in [5.74, 6) is -1.09. The minimum absolute atomic E-state index is 0.0214. The smallest absolute Gasteiger partial charge is 0.416 e. The number of hydrogen-bond acceptors (Lipinski definition) is 4. The topological polar surface area (TPSA) is 73.7 Å². The Morgan fingerprint density at radius 2 is 1.92 bits per heavy atom. The molecule has 2 atom stereocenters. The molecular weight excluding hydrogens is 337 g/mol. The van der Waals surface area contributed by atoms with E-state index in [2.05, 4.69) is 4.98 Å². The number of carbonyl (C=O) groups excluding carboxylic acids is 1. The van der Waals surface area contributed by atoms with E-state index in [1.54, 1.807) is 0 Å². The molecule has 1 aliphatic heterocycles. The SMILES string of the molecule is O=C(c1ncccc1O)N1C[C@H](O)C[C@H]1c1ccccc1C(F)(F)F.